The third-order valence-corrected chi connectivity index (χ3v) is 5.49. The zero-order valence-corrected chi connectivity index (χ0v) is 19.3. The molecule has 0 radical (unpaired) electrons. The monoisotopic (exact) mass is 440 g/mol. The summed E-state index contributed by atoms with van der Waals surface area (Å²) < 4.78 is 16.1. The SMILES string of the molecule is COc1ccc(/C=N/NC(=O)CN2CCN(Cc3ccc(C)cc3)CC2)c(OC)c1OC. The number of rotatable bonds is 9. The Morgan fingerprint density at radius 3 is 2.22 bits per heavy atom. The molecular weight excluding hydrogens is 408 g/mol. The first-order valence-electron chi connectivity index (χ1n) is 10.6. The molecule has 0 saturated carbocycles. The van der Waals surface area contributed by atoms with Crippen LogP contribution in [0, 0.1) is 6.92 Å². The fourth-order valence-electron chi connectivity index (χ4n) is 3.70. The average Bonchev–Trinajstić information content (AvgIpc) is 2.81. The van der Waals surface area contributed by atoms with Crippen LogP contribution in [-0.4, -0.2) is 76.0 Å². The topological polar surface area (TPSA) is 75.6 Å². The number of carbonyl (C=O) groups is 1. The predicted octanol–water partition coefficient (Wildman–Crippen LogP) is 2.29. The van der Waals surface area contributed by atoms with E-state index in [2.05, 4.69) is 51.5 Å². The second-order valence-electron chi connectivity index (χ2n) is 7.75. The van der Waals surface area contributed by atoms with E-state index < -0.39 is 0 Å². The van der Waals surface area contributed by atoms with Gasteiger partial charge < -0.3 is 14.2 Å². The number of aryl methyl sites for hydroxylation is 1. The van der Waals surface area contributed by atoms with E-state index in [0.717, 1.165) is 32.7 Å². The van der Waals surface area contributed by atoms with Gasteiger partial charge in [0.05, 0.1) is 34.1 Å². The molecule has 1 fully saturated rings. The van der Waals surface area contributed by atoms with Crippen LogP contribution in [-0.2, 0) is 11.3 Å². The molecule has 1 saturated heterocycles. The van der Waals surface area contributed by atoms with Gasteiger partial charge in [-0.15, -0.1) is 0 Å². The van der Waals surface area contributed by atoms with E-state index in [4.69, 9.17) is 14.2 Å². The Kier molecular flexibility index (Phi) is 8.47. The van der Waals surface area contributed by atoms with Crippen LogP contribution in [0.4, 0.5) is 0 Å². The van der Waals surface area contributed by atoms with Crippen molar-refractivity contribution in [3.63, 3.8) is 0 Å². The first-order chi connectivity index (χ1) is 15.5. The van der Waals surface area contributed by atoms with E-state index in [0.29, 0.717) is 29.4 Å². The summed E-state index contributed by atoms with van der Waals surface area (Å²) in [6, 6.07) is 12.2. The maximum atomic E-state index is 12.3. The molecule has 32 heavy (non-hydrogen) atoms. The average molecular weight is 441 g/mol. The first kappa shape index (κ1) is 23.6. The summed E-state index contributed by atoms with van der Waals surface area (Å²) in [5.41, 5.74) is 5.87. The van der Waals surface area contributed by atoms with Crippen molar-refractivity contribution in [1.82, 2.24) is 15.2 Å². The van der Waals surface area contributed by atoms with E-state index in [9.17, 15) is 4.79 Å². The second kappa shape index (κ2) is 11.5. The Bertz CT molecular complexity index is 922. The van der Waals surface area contributed by atoms with Gasteiger partial charge in [0.2, 0.25) is 5.75 Å². The van der Waals surface area contributed by atoms with Gasteiger partial charge in [0.25, 0.3) is 5.91 Å². The number of hydrazone groups is 1. The third kappa shape index (κ3) is 6.21. The molecule has 2 aromatic rings. The standard InChI is InChI=1S/C24H32N4O4/c1-18-5-7-19(8-6-18)16-27-11-13-28(14-12-27)17-22(29)26-25-15-20-9-10-21(30-2)24(32-4)23(20)31-3/h5-10,15H,11-14,16-17H2,1-4H3,(H,26,29)/b25-15+. The number of carbonyl (C=O) groups excluding carboxylic acids is 1. The van der Waals surface area contributed by atoms with Gasteiger partial charge >= 0.3 is 0 Å². The van der Waals surface area contributed by atoms with Crippen LogP contribution < -0.4 is 19.6 Å². The Labute approximate surface area is 189 Å². The van der Waals surface area contributed by atoms with Gasteiger partial charge in [0.15, 0.2) is 11.5 Å². The number of ether oxygens (including phenoxy) is 3. The maximum Gasteiger partial charge on any atom is 0.254 e. The minimum atomic E-state index is -0.146. The minimum absolute atomic E-state index is 0.146. The molecule has 8 heteroatoms. The Balaban J connectivity index is 1.46. The number of hydrogen-bond acceptors (Lipinski definition) is 7. The van der Waals surface area contributed by atoms with Crippen molar-refractivity contribution in [1.29, 1.82) is 0 Å². The molecular formula is C24H32N4O4. The van der Waals surface area contributed by atoms with Gasteiger partial charge in [0, 0.05) is 38.3 Å². The highest BCUT2D eigenvalue weighted by atomic mass is 16.5. The smallest absolute Gasteiger partial charge is 0.254 e. The molecule has 0 aromatic heterocycles. The van der Waals surface area contributed by atoms with Crippen molar-refractivity contribution in [3.8, 4) is 17.2 Å². The fourth-order valence-corrected chi connectivity index (χ4v) is 3.70. The molecule has 3 rings (SSSR count). The lowest BCUT2D eigenvalue weighted by atomic mass is 10.1. The van der Waals surface area contributed by atoms with Gasteiger partial charge in [-0.05, 0) is 24.6 Å². The van der Waals surface area contributed by atoms with Gasteiger partial charge in [0.1, 0.15) is 0 Å². The molecule has 0 unspecified atom stereocenters. The number of nitrogens with zero attached hydrogens (tertiary/aromatic N) is 3. The van der Waals surface area contributed by atoms with E-state index in [-0.39, 0.29) is 5.91 Å². The largest absolute Gasteiger partial charge is 0.493 e. The normalized spacial score (nSPS) is 15.0. The number of methoxy groups -OCH3 is 3. The summed E-state index contributed by atoms with van der Waals surface area (Å²) in [4.78, 5) is 16.9. The molecule has 1 aliphatic heterocycles. The maximum absolute atomic E-state index is 12.3. The summed E-state index contributed by atoms with van der Waals surface area (Å²) in [7, 11) is 4.66. The van der Waals surface area contributed by atoms with Gasteiger partial charge in [-0.3, -0.25) is 14.6 Å². The van der Waals surface area contributed by atoms with E-state index >= 15 is 0 Å². The van der Waals surface area contributed by atoms with Crippen molar-refractivity contribution < 1.29 is 19.0 Å². The number of nitrogens with one attached hydrogen (secondary N) is 1. The molecule has 0 aliphatic carbocycles. The summed E-state index contributed by atoms with van der Waals surface area (Å²) in [6.45, 7) is 6.94. The minimum Gasteiger partial charge on any atom is -0.493 e. The molecule has 1 N–H and O–H groups in total. The zero-order chi connectivity index (χ0) is 22.9. The molecule has 0 bridgehead atoms. The molecule has 0 atom stereocenters. The first-order valence-corrected chi connectivity index (χ1v) is 10.6. The highest BCUT2D eigenvalue weighted by Gasteiger charge is 2.19. The Morgan fingerprint density at radius 1 is 0.938 bits per heavy atom. The Hall–Kier alpha value is -3.10. The molecule has 172 valence electrons. The van der Waals surface area contributed by atoms with Crippen molar-refractivity contribution in [2.75, 3.05) is 54.1 Å². The molecule has 0 spiro atoms. The quantitative estimate of drug-likeness (QED) is 0.476. The number of hydrogen-bond donors (Lipinski definition) is 1. The molecule has 2 aromatic carbocycles. The van der Waals surface area contributed by atoms with Crippen LogP contribution in [0.3, 0.4) is 0 Å². The second-order valence-corrected chi connectivity index (χ2v) is 7.75. The van der Waals surface area contributed by atoms with Gasteiger partial charge in [-0.2, -0.15) is 5.10 Å². The van der Waals surface area contributed by atoms with E-state index in [1.165, 1.54) is 17.3 Å². The fraction of sp³-hybridized carbons (Fsp3) is 0.417. The summed E-state index contributed by atoms with van der Waals surface area (Å²) >= 11 is 0. The Morgan fingerprint density at radius 2 is 1.59 bits per heavy atom. The van der Waals surface area contributed by atoms with Crippen molar-refractivity contribution in [2.24, 2.45) is 5.10 Å². The van der Waals surface area contributed by atoms with Crippen molar-refractivity contribution >= 4 is 12.1 Å². The summed E-state index contributed by atoms with van der Waals surface area (Å²) in [5, 5.41) is 4.09. The lowest BCUT2D eigenvalue weighted by molar-refractivity contribution is -0.122. The highest BCUT2D eigenvalue weighted by molar-refractivity contribution is 5.87. The van der Waals surface area contributed by atoms with Crippen molar-refractivity contribution in [2.45, 2.75) is 13.5 Å². The number of benzene rings is 2. The zero-order valence-electron chi connectivity index (χ0n) is 19.3. The molecule has 1 aliphatic rings. The van der Waals surface area contributed by atoms with E-state index in [1.807, 2.05) is 0 Å². The summed E-state index contributed by atoms with van der Waals surface area (Å²) in [5.74, 6) is 1.39. The van der Waals surface area contributed by atoms with Crippen LogP contribution in [0.15, 0.2) is 41.5 Å². The third-order valence-electron chi connectivity index (χ3n) is 5.49. The molecule has 8 nitrogen and oxygen atoms in total. The highest BCUT2D eigenvalue weighted by Crippen LogP contribution is 2.38. The lowest BCUT2D eigenvalue weighted by Crippen LogP contribution is -2.48. The van der Waals surface area contributed by atoms with E-state index in [1.54, 1.807) is 33.5 Å². The van der Waals surface area contributed by atoms with Crippen LogP contribution in [0.25, 0.3) is 0 Å². The predicted molar refractivity (Wildman–Crippen MR) is 125 cm³/mol. The van der Waals surface area contributed by atoms with Crippen LogP contribution >= 0.6 is 0 Å². The van der Waals surface area contributed by atoms with Gasteiger partial charge in [-0.1, -0.05) is 29.8 Å². The van der Waals surface area contributed by atoms with Crippen molar-refractivity contribution in [3.05, 3.63) is 53.1 Å². The van der Waals surface area contributed by atoms with Crippen LogP contribution in [0.2, 0.25) is 0 Å². The lowest BCUT2D eigenvalue weighted by Gasteiger charge is -2.34. The van der Waals surface area contributed by atoms with Crippen LogP contribution in [0.1, 0.15) is 16.7 Å². The molecule has 1 amide bonds. The number of piperazine rings is 1. The molecule has 1 heterocycles. The van der Waals surface area contributed by atoms with Gasteiger partial charge in [-0.25, -0.2) is 5.43 Å². The summed E-state index contributed by atoms with van der Waals surface area (Å²) in [6.07, 6.45) is 1.54. The number of amides is 1. The van der Waals surface area contributed by atoms with Crippen LogP contribution in [0.5, 0.6) is 17.2 Å².